The Kier molecular flexibility index (Phi) is 7.58. The van der Waals surface area contributed by atoms with Gasteiger partial charge in [-0.25, -0.2) is 14.8 Å². The predicted octanol–water partition coefficient (Wildman–Crippen LogP) is 4.44. The van der Waals surface area contributed by atoms with Crippen LogP contribution in [0.1, 0.15) is 15.9 Å². The topological polar surface area (TPSA) is 108 Å². The van der Waals surface area contributed by atoms with Gasteiger partial charge in [0.1, 0.15) is 6.61 Å². The molecule has 0 spiro atoms. The first-order chi connectivity index (χ1) is 14.9. The summed E-state index contributed by atoms with van der Waals surface area (Å²) >= 11 is 6.18. The van der Waals surface area contributed by atoms with E-state index in [1.807, 2.05) is 6.07 Å². The van der Waals surface area contributed by atoms with Crippen LogP contribution in [0.4, 0.5) is 5.95 Å². The molecule has 4 rings (SSSR count). The maximum absolute atomic E-state index is 11.2. The number of rotatable bonds is 6. The largest absolute Gasteiger partial charge is 0.493 e. The average molecular weight is 459 g/mol. The van der Waals surface area contributed by atoms with Crippen molar-refractivity contribution in [1.29, 1.82) is 0 Å². The van der Waals surface area contributed by atoms with Crippen molar-refractivity contribution in [3.05, 3.63) is 76.8 Å². The quantitative estimate of drug-likeness (QED) is 0.411. The van der Waals surface area contributed by atoms with Gasteiger partial charge >= 0.3 is 5.97 Å². The molecule has 0 bridgehead atoms. The summed E-state index contributed by atoms with van der Waals surface area (Å²) in [5.41, 5.74) is 8.86. The maximum atomic E-state index is 11.2. The zero-order chi connectivity index (χ0) is 22.0. The molecule has 1 radical (unpaired) electrons. The van der Waals surface area contributed by atoms with E-state index < -0.39 is 5.97 Å². The van der Waals surface area contributed by atoms with Crippen LogP contribution >= 0.6 is 11.6 Å². The number of ether oxygens (including phenoxy) is 2. The molecule has 0 unspecified atom stereocenters. The van der Waals surface area contributed by atoms with E-state index in [9.17, 15) is 9.90 Å². The second-order valence-corrected chi connectivity index (χ2v) is 7.19. The molecule has 3 aromatic carbocycles. The first-order valence-electron chi connectivity index (χ1n) is 9.31. The normalized spacial score (nSPS) is 10.4. The SMILES string of the molecule is COc1ccc(-c2nc(N)nc3ccc(Cl)cc23)cc1OCc1cccc(C(=O)O)c1.[Na]. The van der Waals surface area contributed by atoms with Crippen LogP contribution in [0.2, 0.25) is 5.02 Å². The van der Waals surface area contributed by atoms with Crippen LogP contribution in [0.3, 0.4) is 0 Å². The molecule has 32 heavy (non-hydrogen) atoms. The third kappa shape index (κ3) is 5.14. The molecule has 1 aromatic heterocycles. The fourth-order valence-corrected chi connectivity index (χ4v) is 3.40. The van der Waals surface area contributed by atoms with Crippen LogP contribution in [-0.2, 0) is 6.61 Å². The smallest absolute Gasteiger partial charge is 0.335 e. The van der Waals surface area contributed by atoms with Crippen molar-refractivity contribution in [3.63, 3.8) is 0 Å². The molecule has 0 atom stereocenters. The third-order valence-electron chi connectivity index (χ3n) is 4.68. The van der Waals surface area contributed by atoms with Gasteiger partial charge in [-0.15, -0.1) is 0 Å². The summed E-state index contributed by atoms with van der Waals surface area (Å²) in [6, 6.07) is 17.3. The Labute approximate surface area is 211 Å². The average Bonchev–Trinajstić information content (AvgIpc) is 2.77. The fourth-order valence-electron chi connectivity index (χ4n) is 3.23. The van der Waals surface area contributed by atoms with Crippen molar-refractivity contribution in [2.24, 2.45) is 0 Å². The number of benzene rings is 3. The minimum Gasteiger partial charge on any atom is -0.493 e. The molecule has 0 saturated carbocycles. The molecule has 157 valence electrons. The molecule has 4 aromatic rings. The van der Waals surface area contributed by atoms with Gasteiger partial charge < -0.3 is 20.3 Å². The van der Waals surface area contributed by atoms with Crippen LogP contribution in [0, 0.1) is 0 Å². The summed E-state index contributed by atoms with van der Waals surface area (Å²) in [5, 5.41) is 10.5. The Morgan fingerprint density at radius 1 is 1.06 bits per heavy atom. The second-order valence-electron chi connectivity index (χ2n) is 6.75. The zero-order valence-corrected chi connectivity index (χ0v) is 20.3. The van der Waals surface area contributed by atoms with Gasteiger partial charge in [0.15, 0.2) is 11.5 Å². The van der Waals surface area contributed by atoms with Gasteiger partial charge in [0, 0.05) is 45.5 Å². The molecule has 0 aliphatic heterocycles. The Bertz CT molecular complexity index is 1300. The van der Waals surface area contributed by atoms with E-state index >= 15 is 0 Å². The summed E-state index contributed by atoms with van der Waals surface area (Å²) in [5.74, 6) is 0.164. The summed E-state index contributed by atoms with van der Waals surface area (Å²) in [6.07, 6.45) is 0. The molecule has 3 N–H and O–H groups in total. The Morgan fingerprint density at radius 2 is 1.88 bits per heavy atom. The maximum Gasteiger partial charge on any atom is 0.335 e. The molecule has 0 fully saturated rings. The number of carboxylic acid groups (broad SMARTS) is 1. The number of methoxy groups -OCH3 is 1. The van der Waals surface area contributed by atoms with E-state index in [0.717, 1.165) is 16.5 Å². The number of nitrogen functional groups attached to an aromatic ring is 1. The molecule has 1 heterocycles. The monoisotopic (exact) mass is 458 g/mol. The number of halogens is 1. The van der Waals surface area contributed by atoms with Gasteiger partial charge in [-0.1, -0.05) is 23.7 Å². The number of carbonyl (C=O) groups is 1. The summed E-state index contributed by atoms with van der Waals surface area (Å²) in [7, 11) is 1.55. The zero-order valence-electron chi connectivity index (χ0n) is 17.5. The van der Waals surface area contributed by atoms with E-state index in [2.05, 4.69) is 9.97 Å². The number of nitrogens with zero attached hydrogens (tertiary/aromatic N) is 2. The van der Waals surface area contributed by atoms with Crippen molar-refractivity contribution >= 4 is 64.0 Å². The van der Waals surface area contributed by atoms with Crippen molar-refractivity contribution in [3.8, 4) is 22.8 Å². The van der Waals surface area contributed by atoms with Gasteiger partial charge in [-0.05, 0) is 54.1 Å². The third-order valence-corrected chi connectivity index (χ3v) is 4.92. The van der Waals surface area contributed by atoms with Crippen LogP contribution in [0.25, 0.3) is 22.2 Å². The van der Waals surface area contributed by atoms with Crippen molar-refractivity contribution in [2.75, 3.05) is 12.8 Å². The molecule has 7 nitrogen and oxygen atoms in total. The first kappa shape index (κ1) is 23.8. The molecule has 0 aliphatic rings. The summed E-state index contributed by atoms with van der Waals surface area (Å²) < 4.78 is 11.4. The van der Waals surface area contributed by atoms with E-state index in [1.54, 1.807) is 55.6 Å². The predicted molar refractivity (Wildman–Crippen MR) is 124 cm³/mol. The number of nitrogens with two attached hydrogens (primary N) is 1. The van der Waals surface area contributed by atoms with E-state index in [0.29, 0.717) is 27.7 Å². The van der Waals surface area contributed by atoms with E-state index in [1.165, 1.54) is 6.07 Å². The van der Waals surface area contributed by atoms with Crippen LogP contribution in [-0.4, -0.2) is 57.7 Å². The van der Waals surface area contributed by atoms with Gasteiger partial charge in [-0.3, -0.25) is 0 Å². The van der Waals surface area contributed by atoms with E-state index in [4.69, 9.17) is 26.8 Å². The molecule has 9 heteroatoms. The number of fused-ring (bicyclic) bond motifs is 1. The number of hydrogen-bond acceptors (Lipinski definition) is 6. The van der Waals surface area contributed by atoms with Crippen LogP contribution in [0.5, 0.6) is 11.5 Å². The number of aromatic nitrogens is 2. The number of anilines is 1. The van der Waals surface area contributed by atoms with Crippen molar-refractivity contribution in [2.45, 2.75) is 6.61 Å². The number of aromatic carboxylic acids is 1. The summed E-state index contributed by atoms with van der Waals surface area (Å²) in [4.78, 5) is 19.9. The van der Waals surface area contributed by atoms with Gasteiger partial charge in [-0.2, -0.15) is 0 Å². The molecular formula is C23H18ClN3NaO4. The van der Waals surface area contributed by atoms with Crippen molar-refractivity contribution in [1.82, 2.24) is 9.97 Å². The van der Waals surface area contributed by atoms with Gasteiger partial charge in [0.25, 0.3) is 0 Å². The van der Waals surface area contributed by atoms with Gasteiger partial charge in [0.2, 0.25) is 5.95 Å². The Balaban J connectivity index is 0.00000289. The minimum absolute atomic E-state index is 0. The number of carboxylic acids is 1. The Morgan fingerprint density at radius 3 is 2.62 bits per heavy atom. The molecular weight excluding hydrogens is 441 g/mol. The molecule has 0 aliphatic carbocycles. The first-order valence-corrected chi connectivity index (χ1v) is 9.68. The summed E-state index contributed by atoms with van der Waals surface area (Å²) in [6.45, 7) is 0.166. The van der Waals surface area contributed by atoms with Crippen molar-refractivity contribution < 1.29 is 19.4 Å². The standard InChI is InChI=1S/C23H18ClN3O4.Na/c1-30-19-8-5-14(21-17-11-16(24)6-7-18(17)26-23(25)27-21)10-20(19)31-12-13-3-2-4-15(9-13)22(28)29;/h2-11H,12H2,1H3,(H,28,29)(H2,25,26,27);. The number of hydrogen-bond donors (Lipinski definition) is 2. The van der Waals surface area contributed by atoms with Gasteiger partial charge in [0.05, 0.1) is 23.9 Å². The van der Waals surface area contributed by atoms with E-state index in [-0.39, 0.29) is 47.7 Å². The molecule has 0 amide bonds. The second kappa shape index (κ2) is 10.2. The van der Waals surface area contributed by atoms with Crippen LogP contribution in [0.15, 0.2) is 60.7 Å². The van der Waals surface area contributed by atoms with Crippen LogP contribution < -0.4 is 15.2 Å². The fraction of sp³-hybridized carbons (Fsp3) is 0.0870. The molecule has 0 saturated heterocycles. The Hall–Kier alpha value is -2.84. The minimum atomic E-state index is -0.992.